The average Bonchev–Trinajstić information content (AvgIpc) is 3.03. The number of halogens is 1. The van der Waals surface area contributed by atoms with Crippen LogP contribution in [0.2, 0.25) is 5.02 Å². The molecule has 1 aliphatic heterocycles. The van der Waals surface area contributed by atoms with E-state index in [4.69, 9.17) is 16.7 Å². The van der Waals surface area contributed by atoms with Crippen molar-refractivity contribution in [3.05, 3.63) is 34.9 Å². The van der Waals surface area contributed by atoms with Gasteiger partial charge >= 0.3 is 5.97 Å². The van der Waals surface area contributed by atoms with Gasteiger partial charge in [-0.2, -0.15) is 0 Å². The number of aldehydes is 1. The summed E-state index contributed by atoms with van der Waals surface area (Å²) in [6, 6.07) is 3.09. The van der Waals surface area contributed by atoms with Crippen molar-refractivity contribution in [2.75, 3.05) is 0 Å². The highest BCUT2D eigenvalue weighted by molar-refractivity contribution is 6.33. The van der Waals surface area contributed by atoms with E-state index >= 15 is 0 Å². The SMILES string of the molecule is CC1CC(C)N(C(=O)C(NC(=O)c2ccccc2Cl)C(C)(C)C)C1C(=O)NC(C=O)CC(=O)O. The van der Waals surface area contributed by atoms with Gasteiger partial charge in [0.05, 0.1) is 23.0 Å². The van der Waals surface area contributed by atoms with Crippen LogP contribution in [0.3, 0.4) is 0 Å². The number of rotatable bonds is 8. The summed E-state index contributed by atoms with van der Waals surface area (Å²) in [5, 5.41) is 14.4. The summed E-state index contributed by atoms with van der Waals surface area (Å²) in [7, 11) is 0. The van der Waals surface area contributed by atoms with Gasteiger partial charge in [-0.1, -0.05) is 51.4 Å². The van der Waals surface area contributed by atoms with Crippen LogP contribution in [0.5, 0.6) is 0 Å². The van der Waals surface area contributed by atoms with E-state index in [2.05, 4.69) is 10.6 Å². The molecule has 0 spiro atoms. The highest BCUT2D eigenvalue weighted by atomic mass is 35.5. The van der Waals surface area contributed by atoms with Gasteiger partial charge in [-0.3, -0.25) is 19.2 Å². The number of carboxylic acids is 1. The fourth-order valence-electron chi connectivity index (χ4n) is 4.31. The molecule has 0 radical (unpaired) electrons. The number of carbonyl (C=O) groups excluding carboxylic acids is 4. The second kappa shape index (κ2) is 11.0. The maximum absolute atomic E-state index is 13.8. The van der Waals surface area contributed by atoms with Crippen molar-refractivity contribution < 1.29 is 29.1 Å². The lowest BCUT2D eigenvalue weighted by molar-refractivity contribution is -0.145. The molecule has 9 nitrogen and oxygen atoms in total. The van der Waals surface area contributed by atoms with Crippen LogP contribution in [0.15, 0.2) is 24.3 Å². The minimum Gasteiger partial charge on any atom is -0.481 e. The number of nitrogens with zero attached hydrogens (tertiary/aromatic N) is 1. The lowest BCUT2D eigenvalue weighted by Crippen LogP contribution is -2.60. The number of carboxylic acid groups (broad SMARTS) is 1. The molecule has 34 heavy (non-hydrogen) atoms. The first-order valence-corrected chi connectivity index (χ1v) is 11.5. The molecular formula is C24H32ClN3O6. The third-order valence-electron chi connectivity index (χ3n) is 5.94. The molecule has 1 saturated heterocycles. The number of hydrogen-bond donors (Lipinski definition) is 3. The van der Waals surface area contributed by atoms with Gasteiger partial charge in [0.1, 0.15) is 18.4 Å². The zero-order valence-corrected chi connectivity index (χ0v) is 20.8. The minimum atomic E-state index is -1.23. The Bertz CT molecular complexity index is 960. The summed E-state index contributed by atoms with van der Waals surface area (Å²) in [6.45, 7) is 9.03. The van der Waals surface area contributed by atoms with E-state index in [0.29, 0.717) is 12.7 Å². The molecule has 10 heteroatoms. The standard InChI is InChI=1S/C24H32ClN3O6/c1-13-10-14(2)28(19(13)22(33)26-15(12-29)11-18(30)31)23(34)20(24(3,4)5)27-21(32)16-8-6-7-9-17(16)25/h6-9,12-15,19-20H,10-11H2,1-5H3,(H,26,33)(H,27,32)(H,30,31). The Hall–Kier alpha value is -2.94. The van der Waals surface area contributed by atoms with E-state index in [1.807, 2.05) is 13.8 Å². The molecule has 0 saturated carbocycles. The monoisotopic (exact) mass is 493 g/mol. The van der Waals surface area contributed by atoms with Crippen LogP contribution in [-0.2, 0) is 19.2 Å². The molecule has 1 aliphatic rings. The van der Waals surface area contributed by atoms with Crippen LogP contribution in [0, 0.1) is 11.3 Å². The van der Waals surface area contributed by atoms with E-state index in [-0.39, 0.29) is 22.5 Å². The van der Waals surface area contributed by atoms with E-state index in [1.165, 1.54) is 4.90 Å². The summed E-state index contributed by atoms with van der Waals surface area (Å²) in [4.78, 5) is 63.5. The number of benzene rings is 1. The Morgan fingerprint density at radius 2 is 1.79 bits per heavy atom. The smallest absolute Gasteiger partial charge is 0.305 e. The van der Waals surface area contributed by atoms with E-state index in [9.17, 15) is 24.0 Å². The Morgan fingerprint density at radius 1 is 1.18 bits per heavy atom. The molecule has 0 aromatic heterocycles. The summed E-state index contributed by atoms with van der Waals surface area (Å²) < 4.78 is 0. The zero-order valence-electron chi connectivity index (χ0n) is 20.0. The second-order valence-corrected chi connectivity index (χ2v) is 10.3. The molecule has 5 atom stereocenters. The third kappa shape index (κ3) is 6.34. The van der Waals surface area contributed by atoms with Crippen molar-refractivity contribution in [2.45, 2.75) is 71.6 Å². The van der Waals surface area contributed by atoms with Gasteiger partial charge in [0.25, 0.3) is 5.91 Å². The van der Waals surface area contributed by atoms with Gasteiger partial charge in [0.15, 0.2) is 0 Å². The summed E-state index contributed by atoms with van der Waals surface area (Å²) in [5.74, 6) is -3.02. The highest BCUT2D eigenvalue weighted by Crippen LogP contribution is 2.33. The number of hydrogen-bond acceptors (Lipinski definition) is 5. The summed E-state index contributed by atoms with van der Waals surface area (Å²) >= 11 is 6.15. The predicted molar refractivity (Wildman–Crippen MR) is 126 cm³/mol. The van der Waals surface area contributed by atoms with E-state index < -0.39 is 53.7 Å². The Morgan fingerprint density at radius 3 is 2.32 bits per heavy atom. The molecule has 5 unspecified atom stereocenters. The fourth-order valence-corrected chi connectivity index (χ4v) is 4.53. The van der Waals surface area contributed by atoms with Crippen molar-refractivity contribution in [1.82, 2.24) is 15.5 Å². The number of carbonyl (C=O) groups is 5. The van der Waals surface area contributed by atoms with Gasteiger partial charge < -0.3 is 25.4 Å². The summed E-state index contributed by atoms with van der Waals surface area (Å²) in [6.07, 6.45) is 0.338. The van der Waals surface area contributed by atoms with Crippen LogP contribution in [0.25, 0.3) is 0 Å². The summed E-state index contributed by atoms with van der Waals surface area (Å²) in [5.41, 5.74) is -0.472. The maximum Gasteiger partial charge on any atom is 0.305 e. The Kier molecular flexibility index (Phi) is 8.83. The lowest BCUT2D eigenvalue weighted by Gasteiger charge is -2.37. The molecule has 1 aromatic carbocycles. The Balaban J connectivity index is 2.33. The first-order chi connectivity index (χ1) is 15.8. The van der Waals surface area contributed by atoms with Crippen molar-refractivity contribution in [1.29, 1.82) is 0 Å². The van der Waals surface area contributed by atoms with Crippen LogP contribution in [-0.4, -0.2) is 64.2 Å². The average molecular weight is 494 g/mol. The fraction of sp³-hybridized carbons (Fsp3) is 0.542. The zero-order chi connectivity index (χ0) is 25.8. The minimum absolute atomic E-state index is 0.228. The second-order valence-electron chi connectivity index (χ2n) is 9.85. The first-order valence-electron chi connectivity index (χ1n) is 11.1. The maximum atomic E-state index is 13.8. The van der Waals surface area contributed by atoms with Crippen LogP contribution < -0.4 is 10.6 Å². The van der Waals surface area contributed by atoms with Crippen LogP contribution >= 0.6 is 11.6 Å². The number of amides is 3. The van der Waals surface area contributed by atoms with Crippen molar-refractivity contribution in [2.24, 2.45) is 11.3 Å². The third-order valence-corrected chi connectivity index (χ3v) is 6.27. The largest absolute Gasteiger partial charge is 0.481 e. The topological polar surface area (TPSA) is 133 Å². The van der Waals surface area contributed by atoms with Crippen molar-refractivity contribution in [3.63, 3.8) is 0 Å². The van der Waals surface area contributed by atoms with E-state index in [1.54, 1.807) is 45.0 Å². The van der Waals surface area contributed by atoms with Crippen molar-refractivity contribution >= 4 is 41.6 Å². The number of aliphatic carboxylic acids is 1. The molecule has 1 fully saturated rings. The van der Waals surface area contributed by atoms with Gasteiger partial charge in [0.2, 0.25) is 11.8 Å². The predicted octanol–water partition coefficient (Wildman–Crippen LogP) is 2.27. The normalized spacial score (nSPS) is 21.9. The molecule has 1 heterocycles. The van der Waals surface area contributed by atoms with E-state index in [0.717, 1.165) is 0 Å². The van der Waals surface area contributed by atoms with Gasteiger partial charge in [0, 0.05) is 6.04 Å². The van der Waals surface area contributed by atoms with Crippen LogP contribution in [0.4, 0.5) is 0 Å². The molecule has 1 aromatic rings. The van der Waals surface area contributed by atoms with Crippen molar-refractivity contribution in [3.8, 4) is 0 Å². The number of likely N-dealkylation sites (tertiary alicyclic amines) is 1. The molecular weight excluding hydrogens is 462 g/mol. The Labute approximate surface area is 204 Å². The molecule has 0 bridgehead atoms. The quantitative estimate of drug-likeness (QED) is 0.476. The lowest BCUT2D eigenvalue weighted by atomic mass is 9.85. The molecule has 186 valence electrons. The molecule has 3 amide bonds. The van der Waals surface area contributed by atoms with Crippen LogP contribution in [0.1, 0.15) is 57.8 Å². The number of nitrogens with one attached hydrogen (secondary N) is 2. The highest BCUT2D eigenvalue weighted by Gasteiger charge is 2.48. The molecule has 2 rings (SSSR count). The molecule has 3 N–H and O–H groups in total. The van der Waals surface area contributed by atoms with Gasteiger partial charge in [-0.25, -0.2) is 0 Å². The first kappa shape index (κ1) is 27.3. The van der Waals surface area contributed by atoms with Gasteiger partial charge in [-0.05, 0) is 36.8 Å². The molecule has 0 aliphatic carbocycles. The van der Waals surface area contributed by atoms with Gasteiger partial charge in [-0.15, -0.1) is 0 Å².